The molecule has 0 bridgehead atoms. The first kappa shape index (κ1) is 22.5. The van der Waals surface area contributed by atoms with Crippen LogP contribution in [0.25, 0.3) is 11.1 Å². The van der Waals surface area contributed by atoms with Crippen molar-refractivity contribution >= 4 is 17.9 Å². The first-order chi connectivity index (χ1) is 14.4. The minimum atomic E-state index is -2.19. The zero-order valence-corrected chi connectivity index (χ0v) is 18.0. The van der Waals surface area contributed by atoms with Gasteiger partial charge in [0.1, 0.15) is 17.7 Å². The van der Waals surface area contributed by atoms with E-state index in [4.69, 9.17) is 15.2 Å². The minimum Gasteiger partial charge on any atom is -0.480 e. The topological polar surface area (TPSA) is 116 Å². The molecule has 7 heteroatoms. The Morgan fingerprint density at radius 1 is 0.935 bits per heavy atom. The van der Waals surface area contributed by atoms with Crippen LogP contribution in [0.2, 0.25) is 0 Å². The molecule has 2 atom stereocenters. The van der Waals surface area contributed by atoms with Gasteiger partial charge in [-0.25, -0.2) is 0 Å². The maximum Gasteiger partial charge on any atom is 0.324 e. The Bertz CT molecular complexity index is 975. The molecule has 0 fully saturated rings. The second kappa shape index (κ2) is 8.15. The number of carboxylic acids is 1. The first-order valence-corrected chi connectivity index (χ1v) is 10.0. The maximum absolute atomic E-state index is 12.9. The fourth-order valence-corrected chi connectivity index (χ4v) is 3.76. The first-order valence-electron chi connectivity index (χ1n) is 10.0. The van der Waals surface area contributed by atoms with Gasteiger partial charge in [0.05, 0.1) is 0 Å². The van der Waals surface area contributed by atoms with Crippen LogP contribution in [0.1, 0.15) is 44.7 Å². The summed E-state index contributed by atoms with van der Waals surface area (Å²) in [5.41, 5.74) is 6.85. The summed E-state index contributed by atoms with van der Waals surface area (Å²) in [6.45, 7) is 5.91. The van der Waals surface area contributed by atoms with Gasteiger partial charge in [-0.2, -0.15) is 0 Å². The van der Waals surface area contributed by atoms with Crippen molar-refractivity contribution in [3.63, 3.8) is 0 Å². The van der Waals surface area contributed by atoms with E-state index in [0.717, 1.165) is 29.2 Å². The number of carboxylic acid groups (broad SMARTS) is 1. The van der Waals surface area contributed by atoms with Crippen molar-refractivity contribution in [1.29, 1.82) is 0 Å². The van der Waals surface area contributed by atoms with Gasteiger partial charge >= 0.3 is 17.9 Å². The number of esters is 2. The van der Waals surface area contributed by atoms with Crippen LogP contribution in [0.4, 0.5) is 0 Å². The highest BCUT2D eigenvalue weighted by Gasteiger charge is 2.50. The molecule has 0 radical (unpaired) electrons. The highest BCUT2D eigenvalue weighted by atomic mass is 16.6. The third kappa shape index (κ3) is 4.46. The minimum absolute atomic E-state index is 0.0537. The number of aliphatic carboxylic acids is 1. The molecule has 2 aromatic rings. The monoisotopic (exact) mass is 425 g/mol. The quantitative estimate of drug-likeness (QED) is 0.540. The van der Waals surface area contributed by atoms with E-state index in [0.29, 0.717) is 0 Å². The average Bonchev–Trinajstić information content (AvgIpc) is 2.98. The molecule has 0 aromatic heterocycles. The van der Waals surface area contributed by atoms with E-state index in [1.54, 1.807) is 20.8 Å². The predicted octanol–water partition coefficient (Wildman–Crippen LogP) is 3.10. The van der Waals surface area contributed by atoms with E-state index in [1.165, 1.54) is 0 Å². The zero-order chi connectivity index (χ0) is 23.0. The number of benzene rings is 2. The summed E-state index contributed by atoms with van der Waals surface area (Å²) in [4.78, 5) is 37.3. The van der Waals surface area contributed by atoms with Crippen LogP contribution in [-0.2, 0) is 23.9 Å². The number of hydrogen-bond acceptors (Lipinski definition) is 6. The van der Waals surface area contributed by atoms with Crippen molar-refractivity contribution in [1.82, 2.24) is 0 Å². The van der Waals surface area contributed by atoms with Gasteiger partial charge in [-0.1, -0.05) is 48.5 Å². The molecule has 0 spiro atoms. The molecule has 2 aromatic carbocycles. The van der Waals surface area contributed by atoms with Gasteiger partial charge in [0.15, 0.2) is 5.92 Å². The fraction of sp³-hybridized carbons (Fsp3) is 0.375. The maximum atomic E-state index is 12.9. The Kier molecular flexibility index (Phi) is 5.91. The Morgan fingerprint density at radius 3 is 1.87 bits per heavy atom. The molecule has 3 N–H and O–H groups in total. The summed E-state index contributed by atoms with van der Waals surface area (Å²) in [6, 6.07) is 15.6. The van der Waals surface area contributed by atoms with Gasteiger partial charge in [-0.15, -0.1) is 0 Å². The second-order valence-electron chi connectivity index (χ2n) is 8.91. The van der Waals surface area contributed by atoms with Crippen molar-refractivity contribution in [3.8, 4) is 11.1 Å². The van der Waals surface area contributed by atoms with Gasteiger partial charge < -0.3 is 20.3 Å². The van der Waals surface area contributed by atoms with Crippen LogP contribution in [0.3, 0.4) is 0 Å². The summed E-state index contributed by atoms with van der Waals surface area (Å²) in [5, 5.41) is 9.51. The highest BCUT2D eigenvalue weighted by molar-refractivity contribution is 6.02. The Labute approximate surface area is 181 Å². The molecule has 0 saturated heterocycles. The molecule has 1 aliphatic carbocycles. The van der Waals surface area contributed by atoms with E-state index >= 15 is 0 Å². The lowest BCUT2D eigenvalue weighted by Gasteiger charge is -2.30. The highest BCUT2D eigenvalue weighted by Crippen LogP contribution is 2.44. The van der Waals surface area contributed by atoms with Crippen LogP contribution in [0.15, 0.2) is 48.5 Å². The van der Waals surface area contributed by atoms with E-state index < -0.39 is 35.0 Å². The Morgan fingerprint density at radius 2 is 1.42 bits per heavy atom. The van der Waals surface area contributed by atoms with Gasteiger partial charge in [0, 0.05) is 5.92 Å². The number of ether oxygens (including phenoxy) is 2. The second-order valence-corrected chi connectivity index (χ2v) is 8.91. The standard InChI is InChI=1S/C24H27NO6/c1-23(2,3)31-21(27)19(24(4,25)22(28)29)20(26)30-13-18-16-11-7-5-9-14(16)15-10-6-8-12-17(15)18/h5-12,18-19H,13,25H2,1-4H3,(H,28,29)/t19?,24-/m1/s1. The summed E-state index contributed by atoms with van der Waals surface area (Å²) < 4.78 is 10.7. The molecular weight excluding hydrogens is 398 g/mol. The molecule has 31 heavy (non-hydrogen) atoms. The lowest BCUT2D eigenvalue weighted by molar-refractivity contribution is -0.177. The van der Waals surface area contributed by atoms with Crippen LogP contribution < -0.4 is 5.73 Å². The lowest BCUT2D eigenvalue weighted by atomic mass is 9.86. The Hall–Kier alpha value is -3.19. The van der Waals surface area contributed by atoms with Gasteiger partial charge in [0.25, 0.3) is 0 Å². The lowest BCUT2D eigenvalue weighted by Crippen LogP contribution is -2.58. The number of hydrogen-bond donors (Lipinski definition) is 2. The summed E-state index contributed by atoms with van der Waals surface area (Å²) >= 11 is 0. The van der Waals surface area contributed by atoms with Gasteiger partial charge in [-0.3, -0.25) is 14.4 Å². The fourth-order valence-electron chi connectivity index (χ4n) is 3.76. The van der Waals surface area contributed by atoms with Crippen molar-refractivity contribution in [2.24, 2.45) is 11.7 Å². The number of carbonyl (C=O) groups excluding carboxylic acids is 2. The van der Waals surface area contributed by atoms with E-state index in [1.807, 2.05) is 48.5 Å². The normalized spacial score (nSPS) is 15.9. The third-order valence-corrected chi connectivity index (χ3v) is 5.29. The number of carbonyl (C=O) groups is 3. The molecule has 0 aliphatic heterocycles. The summed E-state index contributed by atoms with van der Waals surface area (Å²) in [7, 11) is 0. The van der Waals surface area contributed by atoms with Gasteiger partial charge in [-0.05, 0) is 49.9 Å². The predicted molar refractivity (Wildman–Crippen MR) is 114 cm³/mol. The average molecular weight is 425 g/mol. The largest absolute Gasteiger partial charge is 0.480 e. The van der Waals surface area contributed by atoms with E-state index in [-0.39, 0.29) is 12.5 Å². The molecule has 164 valence electrons. The molecule has 0 amide bonds. The van der Waals surface area contributed by atoms with Crippen LogP contribution in [-0.4, -0.2) is 40.8 Å². The molecule has 7 nitrogen and oxygen atoms in total. The summed E-state index contributed by atoms with van der Waals surface area (Å²) in [6.07, 6.45) is 0. The van der Waals surface area contributed by atoms with Crippen molar-refractivity contribution in [2.45, 2.75) is 44.8 Å². The smallest absolute Gasteiger partial charge is 0.324 e. The molecular formula is C24H27NO6. The van der Waals surface area contributed by atoms with Crippen LogP contribution in [0, 0.1) is 5.92 Å². The van der Waals surface area contributed by atoms with Crippen molar-refractivity contribution in [3.05, 3.63) is 59.7 Å². The van der Waals surface area contributed by atoms with Crippen LogP contribution >= 0.6 is 0 Å². The molecule has 1 aliphatic rings. The third-order valence-electron chi connectivity index (χ3n) is 5.29. The molecule has 0 heterocycles. The van der Waals surface area contributed by atoms with E-state index in [2.05, 4.69) is 0 Å². The van der Waals surface area contributed by atoms with Crippen molar-refractivity contribution in [2.75, 3.05) is 6.61 Å². The summed E-state index contributed by atoms with van der Waals surface area (Å²) in [5.74, 6) is -5.60. The number of fused-ring (bicyclic) bond motifs is 3. The van der Waals surface area contributed by atoms with E-state index in [9.17, 15) is 19.5 Å². The Balaban J connectivity index is 1.86. The zero-order valence-electron chi connectivity index (χ0n) is 18.0. The number of rotatable bonds is 6. The number of nitrogens with two attached hydrogens (primary N) is 1. The van der Waals surface area contributed by atoms with Crippen LogP contribution in [0.5, 0.6) is 0 Å². The van der Waals surface area contributed by atoms with Crippen molar-refractivity contribution < 1.29 is 29.0 Å². The molecule has 3 rings (SSSR count). The van der Waals surface area contributed by atoms with Gasteiger partial charge in [0.2, 0.25) is 0 Å². The molecule has 0 saturated carbocycles. The SMILES string of the molecule is CC(C)(C)OC(=O)C(C(=O)OCC1c2ccccc2-c2ccccc21)[C@@](C)(N)C(=O)O. The molecule has 1 unspecified atom stereocenters.